The second-order valence-corrected chi connectivity index (χ2v) is 44.4. The first-order chi connectivity index (χ1) is 50.6. The molecule has 0 atom stereocenters. The van der Waals surface area contributed by atoms with E-state index in [0.717, 1.165) is 39.3 Å². The third kappa shape index (κ3) is 19.8. The lowest BCUT2D eigenvalue weighted by atomic mass is 9.86. The zero-order valence-corrected chi connectivity index (χ0v) is 70.3. The molecule has 10 aromatic rings. The van der Waals surface area contributed by atoms with Crippen LogP contribution < -0.4 is 5.32 Å². The van der Waals surface area contributed by atoms with E-state index >= 15 is 0 Å². The monoisotopic (exact) mass is 1570 g/mol. The summed E-state index contributed by atoms with van der Waals surface area (Å²) in [7, 11) is -13.5. The van der Waals surface area contributed by atoms with Gasteiger partial charge in [-0.1, -0.05) is 256 Å². The Morgan fingerprint density at radius 1 is 0.287 bits per heavy atom. The maximum Gasteiger partial charge on any atom is 0.185 e. The molecule has 1 N–H and O–H groups in total. The van der Waals surface area contributed by atoms with Crippen molar-refractivity contribution in [2.45, 2.75) is 165 Å². The fraction of sp³-hybridized carbons (Fsp3) is 0.311. The molecule has 0 aromatic heterocycles. The highest BCUT2D eigenvalue weighted by Gasteiger charge is 2.34. The van der Waals surface area contributed by atoms with Crippen LogP contribution >= 0.6 is 35.3 Å². The summed E-state index contributed by atoms with van der Waals surface area (Å²) in [6.45, 7) is 33.4. The Labute approximate surface area is 655 Å². The molecule has 0 fully saturated rings. The Hall–Kier alpha value is -7.81. The number of fused-ring (bicyclic) bond motifs is 5. The standard InChI is InChI=1S/C18H21NO2S.C18H19NO2S.C18H19NS.C18H20O4S2.C18H20S2/c2*1-18(2,3)15-7-4-13(5-8-15)14-6-9-16-17(12-14)22(20,21)11-10-19-16;1-18(2,3)15-7-4-13(5-8-15)14-6-9-16-17(12-14)20-11-10-19-16;1-18(2,3)15-7-4-13(5-8-15)14-6-9-16-17(12-14)24(21,22)11-10-23(16,19)20;1-18(2,3)15-7-4-13(5-8-15)14-6-9-16-17(12-14)20-11-10-19-16/h4-9,12,19H,10-11H2,1-3H3;4-10,12H,11H2,1-3H3;4-10,12H,11H2,1-3H3;4-9,12H,10-11H2,1-3H3;4-9,12H,10-11H2,1-3H3. The number of benzene rings is 10. The summed E-state index contributed by atoms with van der Waals surface area (Å²) in [5, 5.41) is 3.15. The maximum absolute atomic E-state index is 12.3. The van der Waals surface area contributed by atoms with Crippen molar-refractivity contribution < 1.29 is 33.7 Å². The number of aliphatic imine (C=N–C) groups is 2. The molecule has 0 aliphatic carbocycles. The van der Waals surface area contributed by atoms with Gasteiger partial charge in [-0.15, -0.1) is 35.3 Å². The molecule has 0 saturated carbocycles. The normalized spacial score (nSPS) is 16.3. The first-order valence-corrected chi connectivity index (χ1v) is 46.0. The van der Waals surface area contributed by atoms with E-state index in [-0.39, 0.29) is 59.9 Å². The van der Waals surface area contributed by atoms with Crippen LogP contribution in [0.25, 0.3) is 55.6 Å². The fourth-order valence-electron chi connectivity index (χ4n) is 12.8. The van der Waals surface area contributed by atoms with Crippen molar-refractivity contribution in [3.63, 3.8) is 0 Å². The molecule has 0 amide bonds. The molecule has 0 bridgehead atoms. The molecule has 0 unspecified atom stereocenters. The molecule has 18 heteroatoms. The van der Waals surface area contributed by atoms with Crippen molar-refractivity contribution in [2.24, 2.45) is 9.98 Å². The molecule has 5 aliphatic rings. The van der Waals surface area contributed by atoms with Gasteiger partial charge in [0.05, 0.1) is 59.7 Å². The third-order valence-corrected chi connectivity index (χ3v) is 30.2. The van der Waals surface area contributed by atoms with Gasteiger partial charge in [-0.25, -0.2) is 33.7 Å². The maximum atomic E-state index is 12.3. The molecule has 5 heterocycles. The zero-order valence-electron chi connectivity index (χ0n) is 64.5. The van der Waals surface area contributed by atoms with Crippen LogP contribution in [0, 0.1) is 0 Å². The van der Waals surface area contributed by atoms with Crippen LogP contribution in [0.3, 0.4) is 0 Å². The van der Waals surface area contributed by atoms with E-state index in [2.05, 4.69) is 240 Å². The minimum Gasteiger partial charge on any atom is -0.383 e. The smallest absolute Gasteiger partial charge is 0.185 e. The number of rotatable bonds is 5. The predicted octanol–water partition coefficient (Wildman–Crippen LogP) is 22.5. The van der Waals surface area contributed by atoms with Gasteiger partial charge < -0.3 is 5.32 Å². The molecule has 5 aliphatic heterocycles. The molecule has 15 rings (SSSR count). The van der Waals surface area contributed by atoms with Gasteiger partial charge >= 0.3 is 0 Å². The highest BCUT2D eigenvalue weighted by molar-refractivity contribution is 8.05. The number of anilines is 1. The highest BCUT2D eigenvalue weighted by Crippen LogP contribution is 2.42. The average molecular weight is 1580 g/mol. The lowest BCUT2D eigenvalue weighted by Crippen LogP contribution is -2.25. The summed E-state index contributed by atoms with van der Waals surface area (Å²) in [6.07, 6.45) is 3.43. The van der Waals surface area contributed by atoms with Crippen molar-refractivity contribution in [1.29, 1.82) is 0 Å². The van der Waals surface area contributed by atoms with Gasteiger partial charge in [0.15, 0.2) is 39.3 Å². The summed E-state index contributed by atoms with van der Waals surface area (Å²) >= 11 is 5.82. The van der Waals surface area contributed by atoms with E-state index in [9.17, 15) is 33.7 Å². The van der Waals surface area contributed by atoms with Crippen molar-refractivity contribution in [3.05, 3.63) is 240 Å². The first kappa shape index (κ1) is 81.2. The highest BCUT2D eigenvalue weighted by atomic mass is 32.2. The Balaban J connectivity index is 0.000000134. The number of hydrogen-bond donors (Lipinski definition) is 1. The summed E-state index contributed by atoms with van der Waals surface area (Å²) in [5.41, 5.74) is 20.1. The van der Waals surface area contributed by atoms with Crippen molar-refractivity contribution in [2.75, 3.05) is 52.1 Å². The van der Waals surface area contributed by atoms with Crippen molar-refractivity contribution >= 4 is 104 Å². The Morgan fingerprint density at radius 2 is 0.620 bits per heavy atom. The summed E-state index contributed by atoms with van der Waals surface area (Å²) in [4.78, 5) is 13.3. The Kier molecular flexibility index (Phi) is 24.2. The second-order valence-electron chi connectivity index (χ2n) is 32.8. The van der Waals surface area contributed by atoms with Gasteiger partial charge in [0.1, 0.15) is 0 Å². The minimum atomic E-state index is -3.55. The van der Waals surface area contributed by atoms with Crippen LogP contribution in [0.15, 0.2) is 257 Å². The zero-order chi connectivity index (χ0) is 78.0. The molecular formula is C90H99N3O8S7. The average Bonchev–Trinajstić information content (AvgIpc) is 0.739. The molecular weight excluding hydrogens is 1480 g/mol. The largest absolute Gasteiger partial charge is 0.383 e. The van der Waals surface area contributed by atoms with Crippen LogP contribution in [0.2, 0.25) is 0 Å². The third-order valence-electron chi connectivity index (χ3n) is 19.5. The topological polar surface area (TPSA) is 173 Å². The van der Waals surface area contributed by atoms with Crippen LogP contribution in [0.5, 0.6) is 0 Å². The fourth-order valence-corrected chi connectivity index (χ4v) is 22.7. The lowest BCUT2D eigenvalue weighted by Gasteiger charge is -2.20. The molecule has 11 nitrogen and oxygen atoms in total. The van der Waals surface area contributed by atoms with Gasteiger partial charge in [-0.05, 0) is 171 Å². The number of thioether (sulfide) groups is 3. The number of sulfone groups is 4. The van der Waals surface area contributed by atoms with Crippen LogP contribution in [0.4, 0.5) is 17.1 Å². The number of nitrogens with zero attached hydrogens (tertiary/aromatic N) is 2. The SMILES string of the molecule is CC(C)(C)c1ccc(-c2ccc3c(c2)S(=O)(=O)CC=N3)cc1.CC(C)(C)c1ccc(-c2ccc3c(c2)S(=O)(=O)CCN3)cc1.CC(C)(C)c1ccc(-c2ccc3c(c2)S(=O)(=O)CCS3(=O)=O)cc1.CC(C)(C)c1ccc(-c2ccc3c(c2)SCC=N3)cc1.CC(C)(C)c1ccc(-c2ccc3c(c2)SCCS3)cc1. The number of nitrogens with one attached hydrogen (secondary N) is 1. The molecule has 564 valence electrons. The van der Waals surface area contributed by atoms with Gasteiger partial charge in [-0.2, -0.15) is 0 Å². The summed E-state index contributed by atoms with van der Waals surface area (Å²) in [5.74, 6) is 2.87. The van der Waals surface area contributed by atoms with Gasteiger partial charge in [-0.3, -0.25) is 9.98 Å². The van der Waals surface area contributed by atoms with Crippen LogP contribution in [0.1, 0.15) is 132 Å². The van der Waals surface area contributed by atoms with Crippen molar-refractivity contribution in [1.82, 2.24) is 0 Å². The van der Waals surface area contributed by atoms with E-state index in [1.807, 2.05) is 96.1 Å². The van der Waals surface area contributed by atoms with E-state index in [1.54, 1.807) is 24.3 Å². The summed E-state index contributed by atoms with van der Waals surface area (Å²) < 4.78 is 97.4. The van der Waals surface area contributed by atoms with E-state index in [1.165, 1.54) is 94.6 Å². The molecule has 0 radical (unpaired) electrons. The minimum absolute atomic E-state index is 0.0214. The molecule has 0 saturated heterocycles. The van der Waals surface area contributed by atoms with E-state index in [0.29, 0.717) is 33.3 Å². The number of hydrogen-bond acceptors (Lipinski definition) is 14. The molecule has 10 aromatic carbocycles. The molecule has 0 spiro atoms. The van der Waals surface area contributed by atoms with Crippen molar-refractivity contribution in [3.8, 4) is 55.6 Å². The Bertz CT molecular complexity index is 5490. The second kappa shape index (κ2) is 32.3. The van der Waals surface area contributed by atoms with Gasteiger partial charge in [0, 0.05) is 50.9 Å². The quantitative estimate of drug-likeness (QED) is 0.173. The van der Waals surface area contributed by atoms with E-state index in [4.69, 9.17) is 0 Å². The lowest BCUT2D eigenvalue weighted by molar-refractivity contribution is 0.575. The van der Waals surface area contributed by atoms with Gasteiger partial charge in [0.2, 0.25) is 0 Å². The predicted molar refractivity (Wildman–Crippen MR) is 458 cm³/mol. The summed E-state index contributed by atoms with van der Waals surface area (Å²) in [6, 6.07) is 71.5. The Morgan fingerprint density at radius 3 is 1.06 bits per heavy atom. The van der Waals surface area contributed by atoms with Crippen LogP contribution in [-0.4, -0.2) is 92.9 Å². The molecule has 108 heavy (non-hydrogen) atoms. The van der Waals surface area contributed by atoms with E-state index < -0.39 is 39.3 Å². The van der Waals surface area contributed by atoms with Crippen LogP contribution in [-0.2, 0) is 66.4 Å². The first-order valence-electron chi connectivity index (χ1n) is 36.5. The van der Waals surface area contributed by atoms with Gasteiger partial charge in [0.25, 0.3) is 0 Å².